The molecular formula is C13H24N2O2. The molecule has 0 aromatic rings. The fraction of sp³-hybridized carbons (Fsp3) is 0.923. The molecule has 98 valence electrons. The summed E-state index contributed by atoms with van der Waals surface area (Å²) in [6.45, 7) is 12.8. The van der Waals surface area contributed by atoms with Gasteiger partial charge in [-0.1, -0.05) is 0 Å². The smallest absolute Gasteiger partial charge is 0.410 e. The van der Waals surface area contributed by atoms with Crippen molar-refractivity contribution in [3.8, 4) is 0 Å². The van der Waals surface area contributed by atoms with E-state index in [1.807, 2.05) is 25.7 Å². The Balaban J connectivity index is 1.97. The lowest BCUT2D eigenvalue weighted by Gasteiger charge is -2.28. The van der Waals surface area contributed by atoms with Crippen LogP contribution in [0.25, 0.3) is 0 Å². The quantitative estimate of drug-likeness (QED) is 0.702. The Morgan fingerprint density at radius 1 is 1.35 bits per heavy atom. The zero-order chi connectivity index (χ0) is 12.8. The van der Waals surface area contributed by atoms with Crippen molar-refractivity contribution in [3.05, 3.63) is 0 Å². The van der Waals surface area contributed by atoms with E-state index in [1.165, 1.54) is 0 Å². The number of hydrogen-bond acceptors (Lipinski definition) is 3. The minimum Gasteiger partial charge on any atom is -0.444 e. The highest BCUT2D eigenvalue weighted by Crippen LogP contribution is 2.37. The second-order valence-electron chi connectivity index (χ2n) is 6.85. The zero-order valence-corrected chi connectivity index (χ0v) is 11.5. The van der Waals surface area contributed by atoms with Gasteiger partial charge >= 0.3 is 6.09 Å². The number of carbonyl (C=O) groups is 1. The number of carbonyl (C=O) groups excluding carboxylic acids is 1. The second kappa shape index (κ2) is 3.87. The van der Waals surface area contributed by atoms with Gasteiger partial charge in [-0.15, -0.1) is 0 Å². The first-order valence-corrected chi connectivity index (χ1v) is 6.42. The summed E-state index contributed by atoms with van der Waals surface area (Å²) in [5.74, 6) is 1.13. The maximum absolute atomic E-state index is 12.0. The van der Waals surface area contributed by atoms with Crippen molar-refractivity contribution in [3.63, 3.8) is 0 Å². The number of fused-ring (bicyclic) bond motifs is 1. The van der Waals surface area contributed by atoms with E-state index in [9.17, 15) is 4.79 Å². The van der Waals surface area contributed by atoms with Gasteiger partial charge in [0, 0.05) is 25.2 Å². The number of hydrogen-bond donors (Lipinski definition) is 1. The summed E-state index contributed by atoms with van der Waals surface area (Å²) >= 11 is 0. The van der Waals surface area contributed by atoms with E-state index in [0.29, 0.717) is 11.8 Å². The summed E-state index contributed by atoms with van der Waals surface area (Å²) in [5.41, 5.74) is -0.260. The third-order valence-electron chi connectivity index (χ3n) is 3.84. The second-order valence-corrected chi connectivity index (χ2v) is 6.85. The number of amides is 1. The van der Waals surface area contributed by atoms with Crippen LogP contribution in [-0.2, 0) is 4.74 Å². The van der Waals surface area contributed by atoms with Crippen LogP contribution in [0.15, 0.2) is 0 Å². The van der Waals surface area contributed by atoms with Crippen molar-refractivity contribution in [2.24, 2.45) is 11.8 Å². The predicted molar refractivity (Wildman–Crippen MR) is 66.9 cm³/mol. The molecule has 2 atom stereocenters. The molecular weight excluding hydrogens is 216 g/mol. The molecule has 2 fully saturated rings. The van der Waals surface area contributed by atoms with Gasteiger partial charge < -0.3 is 15.0 Å². The maximum Gasteiger partial charge on any atom is 0.410 e. The predicted octanol–water partition coefficient (Wildman–Crippen LogP) is 1.85. The number of likely N-dealkylation sites (tertiary alicyclic amines) is 1. The lowest BCUT2D eigenvalue weighted by atomic mass is 9.85. The van der Waals surface area contributed by atoms with Crippen molar-refractivity contribution in [1.29, 1.82) is 0 Å². The Bertz CT molecular complexity index is 320. The Morgan fingerprint density at radius 2 is 2.00 bits per heavy atom. The summed E-state index contributed by atoms with van der Waals surface area (Å²) in [6.07, 6.45) is -0.164. The monoisotopic (exact) mass is 240 g/mol. The summed E-state index contributed by atoms with van der Waals surface area (Å²) in [5, 5.41) is 3.53. The van der Waals surface area contributed by atoms with E-state index in [4.69, 9.17) is 4.74 Å². The molecule has 2 rings (SSSR count). The van der Waals surface area contributed by atoms with Crippen LogP contribution in [-0.4, -0.2) is 41.8 Å². The molecule has 0 saturated carbocycles. The average Bonchev–Trinajstić information content (AvgIpc) is 2.65. The Hall–Kier alpha value is -0.770. The molecule has 0 aromatic heterocycles. The Kier molecular flexibility index (Phi) is 2.89. The van der Waals surface area contributed by atoms with Gasteiger partial charge in [0.15, 0.2) is 0 Å². The third-order valence-corrected chi connectivity index (χ3v) is 3.84. The van der Waals surface area contributed by atoms with E-state index in [-0.39, 0.29) is 11.6 Å². The number of ether oxygens (including phenoxy) is 1. The largest absolute Gasteiger partial charge is 0.444 e. The van der Waals surface area contributed by atoms with Gasteiger partial charge in [-0.3, -0.25) is 0 Å². The van der Waals surface area contributed by atoms with Gasteiger partial charge in [0.05, 0.1) is 0 Å². The van der Waals surface area contributed by atoms with Gasteiger partial charge in [-0.2, -0.15) is 0 Å². The Morgan fingerprint density at radius 3 is 2.53 bits per heavy atom. The van der Waals surface area contributed by atoms with Gasteiger partial charge in [0.25, 0.3) is 0 Å². The normalized spacial score (nSPS) is 31.5. The van der Waals surface area contributed by atoms with Crippen molar-refractivity contribution in [2.75, 3.05) is 19.6 Å². The highest BCUT2D eigenvalue weighted by atomic mass is 16.6. The number of nitrogens with zero attached hydrogens (tertiary/aromatic N) is 1. The molecule has 0 bridgehead atoms. The van der Waals surface area contributed by atoms with Crippen LogP contribution in [0, 0.1) is 11.8 Å². The minimum absolute atomic E-state index is 0.140. The van der Waals surface area contributed by atoms with E-state index < -0.39 is 5.60 Å². The number of rotatable bonds is 0. The standard InChI is InChI=1S/C13H24N2O2/c1-12(2,3)17-11(16)15-7-9-6-14-13(4,5)10(9)8-15/h9-10,14H,6-8H2,1-5H3. The molecule has 4 nitrogen and oxygen atoms in total. The highest BCUT2D eigenvalue weighted by Gasteiger charge is 2.48. The first kappa shape index (κ1) is 12.7. The van der Waals surface area contributed by atoms with Crippen LogP contribution in [0.1, 0.15) is 34.6 Å². The molecule has 1 amide bonds. The van der Waals surface area contributed by atoms with Crippen LogP contribution in [0.5, 0.6) is 0 Å². The summed E-state index contributed by atoms with van der Waals surface area (Å²) < 4.78 is 5.42. The summed E-state index contributed by atoms with van der Waals surface area (Å²) in [4.78, 5) is 13.9. The molecule has 1 N–H and O–H groups in total. The first-order valence-electron chi connectivity index (χ1n) is 6.42. The molecule has 2 aliphatic rings. The van der Waals surface area contributed by atoms with Gasteiger partial charge in [-0.05, 0) is 46.5 Å². The van der Waals surface area contributed by atoms with Crippen LogP contribution < -0.4 is 5.32 Å². The van der Waals surface area contributed by atoms with Crippen LogP contribution >= 0.6 is 0 Å². The lowest BCUT2D eigenvalue weighted by Crippen LogP contribution is -2.43. The van der Waals surface area contributed by atoms with E-state index in [0.717, 1.165) is 19.6 Å². The third kappa shape index (κ3) is 2.57. The van der Waals surface area contributed by atoms with Crippen LogP contribution in [0.2, 0.25) is 0 Å². The molecule has 0 aromatic carbocycles. The maximum atomic E-state index is 12.0. The molecule has 2 unspecified atom stereocenters. The SMILES string of the molecule is CC(C)(C)OC(=O)N1CC2CNC(C)(C)C2C1. The fourth-order valence-corrected chi connectivity index (χ4v) is 2.90. The van der Waals surface area contributed by atoms with Crippen molar-refractivity contribution in [2.45, 2.75) is 45.8 Å². The van der Waals surface area contributed by atoms with Gasteiger partial charge in [-0.25, -0.2) is 4.79 Å². The average molecular weight is 240 g/mol. The van der Waals surface area contributed by atoms with E-state index in [1.54, 1.807) is 0 Å². The topological polar surface area (TPSA) is 41.6 Å². The molecule has 0 spiro atoms. The molecule has 2 saturated heterocycles. The fourth-order valence-electron chi connectivity index (χ4n) is 2.90. The van der Waals surface area contributed by atoms with E-state index >= 15 is 0 Å². The minimum atomic E-state index is -0.400. The molecule has 0 radical (unpaired) electrons. The van der Waals surface area contributed by atoms with Crippen molar-refractivity contribution in [1.82, 2.24) is 10.2 Å². The van der Waals surface area contributed by atoms with Crippen molar-refractivity contribution < 1.29 is 9.53 Å². The molecule has 0 aliphatic carbocycles. The summed E-state index contributed by atoms with van der Waals surface area (Å²) in [6, 6.07) is 0. The van der Waals surface area contributed by atoms with E-state index in [2.05, 4.69) is 19.2 Å². The zero-order valence-electron chi connectivity index (χ0n) is 11.5. The molecule has 2 aliphatic heterocycles. The lowest BCUT2D eigenvalue weighted by molar-refractivity contribution is 0.0275. The first-order chi connectivity index (χ1) is 7.69. The van der Waals surface area contributed by atoms with Gasteiger partial charge in [0.1, 0.15) is 5.60 Å². The van der Waals surface area contributed by atoms with Crippen LogP contribution in [0.4, 0.5) is 4.79 Å². The highest BCUT2D eigenvalue weighted by molar-refractivity contribution is 5.68. The molecule has 2 heterocycles. The molecule has 4 heteroatoms. The Labute approximate surface area is 104 Å². The van der Waals surface area contributed by atoms with Crippen LogP contribution in [0.3, 0.4) is 0 Å². The summed E-state index contributed by atoms with van der Waals surface area (Å²) in [7, 11) is 0. The number of nitrogens with one attached hydrogen (secondary N) is 1. The van der Waals surface area contributed by atoms with Gasteiger partial charge in [0.2, 0.25) is 0 Å². The molecule has 17 heavy (non-hydrogen) atoms. The van der Waals surface area contributed by atoms with Crippen molar-refractivity contribution >= 4 is 6.09 Å².